The number of hydrogen-bond donors (Lipinski definition) is 0. The average Bonchev–Trinajstić information content (AvgIpc) is 3.25. The average molecular weight is 648 g/mol. The van der Waals surface area contributed by atoms with E-state index in [2.05, 4.69) is 15.0 Å². The number of nitro groups is 1. The van der Waals surface area contributed by atoms with Gasteiger partial charge in [-0.2, -0.15) is 0 Å². The second kappa shape index (κ2) is 12.9. The number of carbonyl (C=O) groups is 1. The molecular weight excluding hydrogens is 619 g/mol. The van der Waals surface area contributed by atoms with E-state index in [1.165, 1.54) is 10.6 Å². The zero-order valence-corrected chi connectivity index (χ0v) is 27.3. The minimum absolute atomic E-state index is 0.124. The molecule has 2 aromatic carbocycles. The molecule has 4 aromatic rings. The van der Waals surface area contributed by atoms with Gasteiger partial charge < -0.3 is 4.74 Å². The van der Waals surface area contributed by atoms with Gasteiger partial charge in [-0.25, -0.2) is 19.8 Å². The number of allylic oxidation sites excluding steroid dienone is 1. The van der Waals surface area contributed by atoms with Crippen LogP contribution in [-0.2, 0) is 9.53 Å². The summed E-state index contributed by atoms with van der Waals surface area (Å²) in [6, 6.07) is 13.5. The molecule has 0 spiro atoms. The molecule has 0 fully saturated rings. The largest absolute Gasteiger partial charge is 0.459 e. The first-order chi connectivity index (χ1) is 20.9. The maximum absolute atomic E-state index is 14.0. The normalized spacial score (nSPS) is 14.9. The Labute approximate surface area is 265 Å². The van der Waals surface area contributed by atoms with Gasteiger partial charge in [-0.15, -0.1) is 11.8 Å². The van der Waals surface area contributed by atoms with Crippen molar-refractivity contribution in [2.45, 2.75) is 61.7 Å². The van der Waals surface area contributed by atoms with Gasteiger partial charge in [0.1, 0.15) is 0 Å². The molecule has 0 bridgehead atoms. The van der Waals surface area contributed by atoms with Gasteiger partial charge in [-0.1, -0.05) is 29.5 Å². The van der Waals surface area contributed by atoms with Crippen molar-refractivity contribution >= 4 is 52.6 Å². The summed E-state index contributed by atoms with van der Waals surface area (Å²) in [6.45, 7) is 8.95. The van der Waals surface area contributed by atoms with Crippen LogP contribution < -0.4 is 14.9 Å². The summed E-state index contributed by atoms with van der Waals surface area (Å²) in [5, 5.41) is 12.5. The van der Waals surface area contributed by atoms with Crippen molar-refractivity contribution < 1.29 is 14.5 Å². The van der Waals surface area contributed by atoms with Gasteiger partial charge in [-0.05, 0) is 94.1 Å². The number of thioether (sulfide) groups is 1. The van der Waals surface area contributed by atoms with E-state index in [1.54, 1.807) is 50.7 Å². The van der Waals surface area contributed by atoms with Crippen LogP contribution in [-0.4, -0.2) is 37.8 Å². The lowest BCUT2D eigenvalue weighted by Crippen LogP contribution is -2.40. The highest BCUT2D eigenvalue weighted by atomic mass is 32.2. The summed E-state index contributed by atoms with van der Waals surface area (Å²) in [5.41, 5.74) is 3.02. The van der Waals surface area contributed by atoms with Crippen molar-refractivity contribution in [3.8, 4) is 0 Å². The molecule has 1 atom stereocenters. The van der Waals surface area contributed by atoms with E-state index >= 15 is 0 Å². The highest BCUT2D eigenvalue weighted by Gasteiger charge is 2.33. The van der Waals surface area contributed by atoms with Crippen LogP contribution in [0.25, 0.3) is 6.08 Å². The van der Waals surface area contributed by atoms with Crippen LogP contribution in [0.1, 0.15) is 49.3 Å². The Morgan fingerprint density at radius 1 is 1.09 bits per heavy atom. The first-order valence-electron chi connectivity index (χ1n) is 13.6. The Hall–Kier alpha value is -4.07. The van der Waals surface area contributed by atoms with Crippen molar-refractivity contribution in [1.29, 1.82) is 0 Å². The lowest BCUT2D eigenvalue weighted by Gasteiger charge is -2.25. The van der Waals surface area contributed by atoms with Crippen LogP contribution in [0.3, 0.4) is 0 Å². The fourth-order valence-electron chi connectivity index (χ4n) is 4.80. The molecule has 1 aliphatic rings. The number of nitro benzene ring substituents is 1. The second-order valence-corrected chi connectivity index (χ2v) is 13.2. The summed E-state index contributed by atoms with van der Waals surface area (Å²) in [6.07, 6.45) is 3.23. The second-order valence-electron chi connectivity index (χ2n) is 10.3. The molecule has 0 saturated carbocycles. The molecule has 0 aliphatic carbocycles. The van der Waals surface area contributed by atoms with Crippen molar-refractivity contribution in [1.82, 2.24) is 14.5 Å². The summed E-state index contributed by atoms with van der Waals surface area (Å²) in [5.74, 6) is -0.536. The zero-order chi connectivity index (χ0) is 31.7. The van der Waals surface area contributed by atoms with Crippen LogP contribution in [0.4, 0.5) is 5.69 Å². The van der Waals surface area contributed by atoms with Gasteiger partial charge in [0.25, 0.3) is 11.2 Å². The van der Waals surface area contributed by atoms with Crippen molar-refractivity contribution in [3.63, 3.8) is 0 Å². The number of fused-ring (bicyclic) bond motifs is 1. The summed E-state index contributed by atoms with van der Waals surface area (Å²) in [7, 11) is 0. The number of esters is 1. The molecule has 13 heteroatoms. The Bertz CT molecular complexity index is 1980. The van der Waals surface area contributed by atoms with E-state index in [9.17, 15) is 19.7 Å². The smallest absolute Gasteiger partial charge is 0.338 e. The number of hydrogen-bond acceptors (Lipinski definition) is 11. The van der Waals surface area contributed by atoms with E-state index in [0.29, 0.717) is 36.2 Å². The van der Waals surface area contributed by atoms with E-state index in [1.807, 2.05) is 50.4 Å². The highest BCUT2D eigenvalue weighted by Crippen LogP contribution is 2.35. The predicted octanol–water partition coefficient (Wildman–Crippen LogP) is 5.37. The summed E-state index contributed by atoms with van der Waals surface area (Å²) >= 11 is 3.86. The van der Waals surface area contributed by atoms with Gasteiger partial charge in [0.2, 0.25) is 0 Å². The molecule has 226 valence electrons. The fraction of sp³-hybridized carbons (Fsp3) is 0.258. The number of rotatable bonds is 8. The maximum atomic E-state index is 14.0. The van der Waals surface area contributed by atoms with Crippen molar-refractivity contribution in [2.75, 3.05) is 6.26 Å². The molecule has 0 radical (unpaired) electrons. The molecule has 44 heavy (non-hydrogen) atoms. The lowest BCUT2D eigenvalue weighted by molar-refractivity contribution is -0.387. The molecule has 5 rings (SSSR count). The third kappa shape index (κ3) is 6.54. The van der Waals surface area contributed by atoms with Crippen LogP contribution in [0.15, 0.2) is 84.5 Å². The van der Waals surface area contributed by atoms with Gasteiger partial charge in [0, 0.05) is 22.3 Å². The van der Waals surface area contributed by atoms with E-state index in [-0.39, 0.29) is 17.4 Å². The lowest BCUT2D eigenvalue weighted by atomic mass is 9.96. The van der Waals surface area contributed by atoms with Crippen LogP contribution in [0, 0.1) is 24.0 Å². The number of thiazole rings is 1. The highest BCUT2D eigenvalue weighted by molar-refractivity contribution is 7.99. The summed E-state index contributed by atoms with van der Waals surface area (Å²) < 4.78 is 7.39. The van der Waals surface area contributed by atoms with Gasteiger partial charge in [0.15, 0.2) is 9.96 Å². The first-order valence-corrected chi connectivity index (χ1v) is 16.5. The van der Waals surface area contributed by atoms with E-state index < -0.39 is 16.9 Å². The number of benzene rings is 2. The number of aromatic nitrogens is 3. The molecule has 0 amide bonds. The van der Waals surface area contributed by atoms with Gasteiger partial charge >= 0.3 is 5.97 Å². The summed E-state index contributed by atoms with van der Waals surface area (Å²) in [4.78, 5) is 54.1. The number of nitrogens with zero attached hydrogens (tertiary/aromatic N) is 5. The van der Waals surface area contributed by atoms with Crippen LogP contribution in [0.5, 0.6) is 0 Å². The van der Waals surface area contributed by atoms with Crippen LogP contribution >= 0.6 is 34.9 Å². The standard InChI is InChI=1S/C31H29N5O5S3/c1-16(2)41-29(38)26-19(5)34-31-35(27(26)21-8-10-22(42-6)11-9-21)28(37)25(44-31)15-20-7-12-24(23(14-20)36(39)40)43-30-32-17(3)13-18(4)33-30/h7-16,27H,1-6H3/b25-15-/t27-/m1/s1. The predicted molar refractivity (Wildman–Crippen MR) is 172 cm³/mol. The molecule has 0 saturated heterocycles. The minimum Gasteiger partial charge on any atom is -0.459 e. The first kappa shape index (κ1) is 31.4. The SMILES string of the molecule is CSc1ccc([C@@H]2C(C(=O)OC(C)C)=C(C)N=c3s/c(=C\c4ccc(Sc5nc(C)cc(C)n5)c([N+](=O)[O-])c4)c(=O)n32)cc1. The molecule has 10 nitrogen and oxygen atoms in total. The Morgan fingerprint density at radius 2 is 1.77 bits per heavy atom. The molecular formula is C31H29N5O5S3. The topological polar surface area (TPSA) is 130 Å². The van der Waals surface area contributed by atoms with Crippen molar-refractivity contribution in [2.24, 2.45) is 4.99 Å². The molecule has 1 aliphatic heterocycles. The molecule has 2 aromatic heterocycles. The van der Waals surface area contributed by atoms with Crippen LogP contribution in [0.2, 0.25) is 0 Å². The Balaban J connectivity index is 1.61. The molecule has 0 unspecified atom stereocenters. The number of aryl methyl sites for hydroxylation is 2. The van der Waals surface area contributed by atoms with Gasteiger partial charge in [-0.3, -0.25) is 19.5 Å². The maximum Gasteiger partial charge on any atom is 0.338 e. The number of ether oxygens (including phenoxy) is 1. The number of carbonyl (C=O) groups excluding carboxylic acids is 1. The molecule has 0 N–H and O–H groups in total. The fourth-order valence-corrected chi connectivity index (χ4v) is 7.21. The molecule has 3 heterocycles. The quantitative estimate of drug-likeness (QED) is 0.0814. The third-order valence-corrected chi connectivity index (χ3v) is 9.31. The Kier molecular flexibility index (Phi) is 9.18. The Morgan fingerprint density at radius 3 is 2.39 bits per heavy atom. The third-order valence-electron chi connectivity index (χ3n) is 6.66. The monoisotopic (exact) mass is 647 g/mol. The minimum atomic E-state index is -0.749. The van der Waals surface area contributed by atoms with Gasteiger partial charge in [0.05, 0.1) is 37.8 Å². The van der Waals surface area contributed by atoms with E-state index in [0.717, 1.165) is 44.9 Å². The van der Waals surface area contributed by atoms with E-state index in [4.69, 9.17) is 4.74 Å². The zero-order valence-electron chi connectivity index (χ0n) is 24.9. The van der Waals surface area contributed by atoms with Crippen molar-refractivity contribution in [3.05, 3.63) is 112 Å².